The summed E-state index contributed by atoms with van der Waals surface area (Å²) < 4.78 is 27.9. The smallest absolute Gasteiger partial charge is 0.188 e. The summed E-state index contributed by atoms with van der Waals surface area (Å²) in [4.78, 5) is 0. The molecule has 2 aliphatic heterocycles. The van der Waals surface area contributed by atoms with Crippen molar-refractivity contribution in [1.29, 1.82) is 0 Å². The first kappa shape index (κ1) is 16.1. The molecule has 2 atom stereocenters. The van der Waals surface area contributed by atoms with Gasteiger partial charge in [-0.2, -0.15) is 0 Å². The summed E-state index contributed by atoms with van der Waals surface area (Å²) in [5.74, 6) is 2.88. The zero-order valence-corrected chi connectivity index (χ0v) is 14.2. The molecule has 2 aliphatic rings. The molecular formula is C19H20O6. The predicted octanol–water partition coefficient (Wildman–Crippen LogP) is 2.78. The Morgan fingerprint density at radius 1 is 1.16 bits per heavy atom. The molecule has 2 heterocycles. The van der Waals surface area contributed by atoms with Crippen LogP contribution in [0.15, 0.2) is 30.3 Å². The third-order valence-electron chi connectivity index (χ3n) is 4.69. The van der Waals surface area contributed by atoms with Crippen molar-refractivity contribution in [3.05, 3.63) is 47.0 Å². The Bertz CT molecular complexity index is 788. The second kappa shape index (κ2) is 6.46. The topological polar surface area (TPSA) is 66.4 Å². The predicted molar refractivity (Wildman–Crippen MR) is 89.5 cm³/mol. The lowest BCUT2D eigenvalue weighted by atomic mass is 9.88. The molecule has 0 fully saturated rings. The molecule has 0 spiro atoms. The number of aliphatic hydroxyl groups excluding tert-OH is 1. The third kappa shape index (κ3) is 2.58. The zero-order valence-electron chi connectivity index (χ0n) is 14.2. The SMILES string of the molecule is COCOc1ccc2c(c1CO)OC[C@@H]1c3ccc(OC)cc3O[C@H]21. The Morgan fingerprint density at radius 3 is 2.76 bits per heavy atom. The minimum absolute atomic E-state index is 0.111. The van der Waals surface area contributed by atoms with Crippen molar-refractivity contribution in [2.24, 2.45) is 0 Å². The number of hydrogen-bond acceptors (Lipinski definition) is 6. The van der Waals surface area contributed by atoms with Crippen molar-refractivity contribution >= 4 is 0 Å². The van der Waals surface area contributed by atoms with Gasteiger partial charge in [0.1, 0.15) is 29.1 Å². The van der Waals surface area contributed by atoms with Gasteiger partial charge in [-0.25, -0.2) is 0 Å². The average Bonchev–Trinajstić information content (AvgIpc) is 3.03. The Labute approximate surface area is 145 Å². The molecular weight excluding hydrogens is 324 g/mol. The first-order valence-electron chi connectivity index (χ1n) is 8.12. The molecule has 1 N–H and O–H groups in total. The Kier molecular flexibility index (Phi) is 4.15. The maximum Gasteiger partial charge on any atom is 0.188 e. The molecule has 0 saturated heterocycles. The van der Waals surface area contributed by atoms with Crippen molar-refractivity contribution in [3.63, 3.8) is 0 Å². The van der Waals surface area contributed by atoms with Gasteiger partial charge in [-0.05, 0) is 18.2 Å². The molecule has 0 unspecified atom stereocenters. The van der Waals surface area contributed by atoms with Gasteiger partial charge < -0.3 is 28.8 Å². The Hall–Kier alpha value is -2.44. The summed E-state index contributed by atoms with van der Waals surface area (Å²) in [7, 11) is 3.19. The Morgan fingerprint density at radius 2 is 2.00 bits per heavy atom. The number of ether oxygens (including phenoxy) is 5. The molecule has 2 aromatic carbocycles. The zero-order chi connectivity index (χ0) is 17.4. The van der Waals surface area contributed by atoms with Crippen LogP contribution in [0.4, 0.5) is 0 Å². The standard InChI is InChI=1S/C19H20O6/c1-21-10-24-16-6-5-13-18(14(16)8-20)23-9-15-12-4-3-11(22-2)7-17(12)25-19(13)15/h3-7,15,19-20H,8-10H2,1-2H3/t15-,19-/m1/s1. The van der Waals surface area contributed by atoms with Gasteiger partial charge in [0.25, 0.3) is 0 Å². The van der Waals surface area contributed by atoms with Crippen molar-refractivity contribution in [2.45, 2.75) is 18.6 Å². The van der Waals surface area contributed by atoms with E-state index >= 15 is 0 Å². The van der Waals surface area contributed by atoms with Crippen LogP contribution in [0.2, 0.25) is 0 Å². The molecule has 132 valence electrons. The highest BCUT2D eigenvalue weighted by atomic mass is 16.7. The lowest BCUT2D eigenvalue weighted by molar-refractivity contribution is 0.0487. The summed E-state index contributed by atoms with van der Waals surface area (Å²) in [6.07, 6.45) is -0.146. The summed E-state index contributed by atoms with van der Waals surface area (Å²) >= 11 is 0. The minimum atomic E-state index is -0.180. The molecule has 4 rings (SSSR count). The fraction of sp³-hybridized carbons (Fsp3) is 0.368. The van der Waals surface area contributed by atoms with Gasteiger partial charge in [0.15, 0.2) is 6.79 Å². The summed E-state index contributed by atoms with van der Waals surface area (Å²) in [6.45, 7) is 0.414. The van der Waals surface area contributed by atoms with Gasteiger partial charge in [0, 0.05) is 24.3 Å². The fourth-order valence-electron chi connectivity index (χ4n) is 3.49. The van der Waals surface area contributed by atoms with Crippen molar-refractivity contribution in [1.82, 2.24) is 0 Å². The van der Waals surface area contributed by atoms with Crippen LogP contribution in [-0.4, -0.2) is 32.7 Å². The van der Waals surface area contributed by atoms with E-state index < -0.39 is 0 Å². The second-order valence-electron chi connectivity index (χ2n) is 6.03. The summed E-state index contributed by atoms with van der Waals surface area (Å²) in [5.41, 5.74) is 2.65. The fourth-order valence-corrected chi connectivity index (χ4v) is 3.49. The first-order chi connectivity index (χ1) is 12.3. The van der Waals surface area contributed by atoms with E-state index in [4.69, 9.17) is 23.7 Å². The van der Waals surface area contributed by atoms with Crippen LogP contribution in [0.25, 0.3) is 0 Å². The van der Waals surface area contributed by atoms with Crippen molar-refractivity contribution in [2.75, 3.05) is 27.6 Å². The maximum atomic E-state index is 9.80. The van der Waals surface area contributed by atoms with E-state index in [1.807, 2.05) is 30.3 Å². The second-order valence-corrected chi connectivity index (χ2v) is 6.03. The van der Waals surface area contributed by atoms with E-state index in [-0.39, 0.29) is 25.4 Å². The number of fused-ring (bicyclic) bond motifs is 5. The lowest BCUT2D eigenvalue weighted by Crippen LogP contribution is -2.24. The van der Waals surface area contributed by atoms with E-state index in [1.165, 1.54) is 0 Å². The summed E-state index contributed by atoms with van der Waals surface area (Å²) in [6, 6.07) is 9.61. The van der Waals surface area contributed by atoms with Crippen molar-refractivity contribution in [3.8, 4) is 23.0 Å². The molecule has 2 aromatic rings. The van der Waals surface area contributed by atoms with E-state index in [9.17, 15) is 5.11 Å². The first-order valence-corrected chi connectivity index (χ1v) is 8.12. The lowest BCUT2D eigenvalue weighted by Gasteiger charge is -2.30. The van der Waals surface area contributed by atoms with Gasteiger partial charge >= 0.3 is 0 Å². The average molecular weight is 344 g/mol. The normalized spacial score (nSPS) is 20.0. The highest BCUT2D eigenvalue weighted by molar-refractivity contribution is 5.56. The number of methoxy groups -OCH3 is 2. The van der Waals surface area contributed by atoms with Crippen LogP contribution >= 0.6 is 0 Å². The van der Waals surface area contributed by atoms with Crippen molar-refractivity contribution < 1.29 is 28.8 Å². The molecule has 6 heteroatoms. The molecule has 0 aromatic heterocycles. The van der Waals surface area contributed by atoms with E-state index in [0.717, 1.165) is 22.6 Å². The summed E-state index contributed by atoms with van der Waals surface area (Å²) in [5, 5.41) is 9.80. The molecule has 0 aliphatic carbocycles. The van der Waals surface area contributed by atoms with E-state index in [1.54, 1.807) is 14.2 Å². The van der Waals surface area contributed by atoms with E-state index in [2.05, 4.69) is 0 Å². The van der Waals surface area contributed by atoms with E-state index in [0.29, 0.717) is 23.7 Å². The highest BCUT2D eigenvalue weighted by Gasteiger charge is 2.42. The van der Waals surface area contributed by atoms with Crippen LogP contribution in [0.1, 0.15) is 28.7 Å². The molecule has 25 heavy (non-hydrogen) atoms. The third-order valence-corrected chi connectivity index (χ3v) is 4.69. The molecule has 0 bridgehead atoms. The monoisotopic (exact) mass is 344 g/mol. The molecule has 6 nitrogen and oxygen atoms in total. The number of benzene rings is 2. The molecule has 0 saturated carbocycles. The number of hydrogen-bond donors (Lipinski definition) is 1. The Balaban J connectivity index is 1.71. The molecule has 0 amide bonds. The largest absolute Gasteiger partial charge is 0.497 e. The van der Waals surface area contributed by atoms with Crippen LogP contribution in [-0.2, 0) is 11.3 Å². The minimum Gasteiger partial charge on any atom is -0.497 e. The van der Waals surface area contributed by atoms with Gasteiger partial charge in [-0.15, -0.1) is 0 Å². The van der Waals surface area contributed by atoms with Crippen LogP contribution in [0.3, 0.4) is 0 Å². The van der Waals surface area contributed by atoms with Crippen LogP contribution < -0.4 is 18.9 Å². The quantitative estimate of drug-likeness (QED) is 0.842. The highest BCUT2D eigenvalue weighted by Crippen LogP contribution is 2.53. The van der Waals surface area contributed by atoms with Gasteiger partial charge in [0.2, 0.25) is 0 Å². The van der Waals surface area contributed by atoms with Gasteiger partial charge in [-0.1, -0.05) is 6.07 Å². The van der Waals surface area contributed by atoms with Gasteiger partial charge in [-0.3, -0.25) is 0 Å². The number of aliphatic hydroxyl groups is 1. The van der Waals surface area contributed by atoms with Crippen LogP contribution in [0, 0.1) is 0 Å². The van der Waals surface area contributed by atoms with Gasteiger partial charge in [0.05, 0.1) is 31.8 Å². The molecule has 0 radical (unpaired) electrons. The number of rotatable bonds is 5. The maximum absolute atomic E-state index is 9.80. The van der Waals surface area contributed by atoms with Crippen LogP contribution in [0.5, 0.6) is 23.0 Å².